The van der Waals surface area contributed by atoms with Gasteiger partial charge in [-0.3, -0.25) is 0 Å². The highest BCUT2D eigenvalue weighted by Gasteiger charge is 2.36. The van der Waals surface area contributed by atoms with E-state index in [1.807, 2.05) is 11.4 Å². The molecule has 2 aromatic rings. The Bertz CT molecular complexity index is 798. The topological polar surface area (TPSA) is 46.2 Å². The molecule has 0 unspecified atom stereocenters. The highest BCUT2D eigenvalue weighted by atomic mass is 32.2. The van der Waals surface area contributed by atoms with Gasteiger partial charge in [0.05, 0.1) is 5.75 Å². The fourth-order valence-corrected chi connectivity index (χ4v) is 5.35. The van der Waals surface area contributed by atoms with Gasteiger partial charge in [-0.2, -0.15) is 11.3 Å². The van der Waals surface area contributed by atoms with Crippen LogP contribution in [0.3, 0.4) is 0 Å². The summed E-state index contributed by atoms with van der Waals surface area (Å²) in [6.45, 7) is 0.295. The third-order valence-electron chi connectivity index (χ3n) is 4.68. The molecule has 0 bridgehead atoms. The van der Waals surface area contributed by atoms with Crippen LogP contribution >= 0.6 is 11.3 Å². The first-order chi connectivity index (χ1) is 11.4. The van der Waals surface area contributed by atoms with Crippen LogP contribution in [0.25, 0.3) is 0 Å². The summed E-state index contributed by atoms with van der Waals surface area (Å²) in [6.07, 6.45) is 3.99. The van der Waals surface area contributed by atoms with Gasteiger partial charge in [-0.05, 0) is 53.4 Å². The van der Waals surface area contributed by atoms with Crippen molar-refractivity contribution in [1.82, 2.24) is 4.72 Å². The second-order valence-corrected chi connectivity index (χ2v) is 8.90. The van der Waals surface area contributed by atoms with Crippen molar-refractivity contribution in [3.05, 3.63) is 57.8 Å². The summed E-state index contributed by atoms with van der Waals surface area (Å²) in [7, 11) is -3.74. The highest BCUT2D eigenvalue weighted by molar-refractivity contribution is 7.88. The molecule has 0 saturated heterocycles. The minimum Gasteiger partial charge on any atom is -0.214 e. The molecule has 1 aromatic heterocycles. The van der Waals surface area contributed by atoms with Gasteiger partial charge in [0.25, 0.3) is 0 Å². The molecule has 1 heterocycles. The van der Waals surface area contributed by atoms with Crippen LogP contribution in [0.5, 0.6) is 0 Å². The highest BCUT2D eigenvalue weighted by Crippen LogP contribution is 2.41. The van der Waals surface area contributed by atoms with E-state index in [2.05, 4.69) is 10.1 Å². The van der Waals surface area contributed by atoms with Crippen LogP contribution in [0.4, 0.5) is 8.78 Å². The fourth-order valence-electron chi connectivity index (χ4n) is 3.34. The zero-order valence-corrected chi connectivity index (χ0v) is 14.7. The number of nitrogens with one attached hydrogen (secondary N) is 1. The first-order valence-electron chi connectivity index (χ1n) is 7.84. The van der Waals surface area contributed by atoms with E-state index in [1.54, 1.807) is 11.3 Å². The van der Waals surface area contributed by atoms with E-state index in [4.69, 9.17) is 0 Å². The molecule has 1 fully saturated rings. The molecule has 1 aliphatic rings. The van der Waals surface area contributed by atoms with E-state index in [-0.39, 0.29) is 11.0 Å². The van der Waals surface area contributed by atoms with Crippen LogP contribution < -0.4 is 4.72 Å². The fraction of sp³-hybridized carbons (Fsp3) is 0.412. The van der Waals surface area contributed by atoms with Crippen LogP contribution in [-0.2, 0) is 21.2 Å². The number of halogens is 2. The van der Waals surface area contributed by atoms with Gasteiger partial charge in [0, 0.05) is 17.5 Å². The average molecular weight is 371 g/mol. The van der Waals surface area contributed by atoms with Gasteiger partial charge >= 0.3 is 0 Å². The van der Waals surface area contributed by atoms with Gasteiger partial charge in [0.2, 0.25) is 10.0 Å². The summed E-state index contributed by atoms with van der Waals surface area (Å²) in [5, 5.41) is 4.05. The van der Waals surface area contributed by atoms with Crippen molar-refractivity contribution >= 4 is 21.4 Å². The predicted octanol–water partition coefficient (Wildman–Crippen LogP) is 3.96. The zero-order chi connectivity index (χ0) is 17.2. The van der Waals surface area contributed by atoms with Crippen LogP contribution in [-0.4, -0.2) is 15.0 Å². The lowest BCUT2D eigenvalue weighted by Gasteiger charge is -2.28. The van der Waals surface area contributed by atoms with Crippen LogP contribution in [0.2, 0.25) is 0 Å². The standard InChI is InChI=1S/C17H19F2NO2S2/c18-15-3-4-16(19)13(9-15)11-24(21,22)20-12-17(6-1-2-7-17)14-5-8-23-10-14/h3-5,8-10,20H,1-2,6-7,11-12H2. The van der Waals surface area contributed by atoms with Crippen molar-refractivity contribution in [1.29, 1.82) is 0 Å². The second kappa shape index (κ2) is 6.90. The maximum Gasteiger partial charge on any atom is 0.215 e. The van der Waals surface area contributed by atoms with E-state index in [1.165, 1.54) is 0 Å². The predicted molar refractivity (Wildman–Crippen MR) is 91.4 cm³/mol. The second-order valence-electron chi connectivity index (χ2n) is 6.32. The molecule has 1 saturated carbocycles. The van der Waals surface area contributed by atoms with Gasteiger partial charge < -0.3 is 0 Å². The lowest BCUT2D eigenvalue weighted by molar-refractivity contribution is 0.433. The maximum absolute atomic E-state index is 13.7. The van der Waals surface area contributed by atoms with Crippen molar-refractivity contribution in [3.8, 4) is 0 Å². The molecule has 1 N–H and O–H groups in total. The lowest BCUT2D eigenvalue weighted by Crippen LogP contribution is -2.39. The summed E-state index contributed by atoms with van der Waals surface area (Å²) in [4.78, 5) is 0. The van der Waals surface area contributed by atoms with Gasteiger partial charge in [-0.1, -0.05) is 12.8 Å². The van der Waals surface area contributed by atoms with Gasteiger partial charge in [0.1, 0.15) is 11.6 Å². The average Bonchev–Trinajstić information content (AvgIpc) is 3.20. The minimum absolute atomic E-state index is 0.154. The Morgan fingerprint density at radius 1 is 1.17 bits per heavy atom. The molecular weight excluding hydrogens is 352 g/mol. The molecule has 0 amide bonds. The molecule has 0 aliphatic heterocycles. The first-order valence-corrected chi connectivity index (χ1v) is 10.4. The minimum atomic E-state index is -3.74. The third-order valence-corrected chi connectivity index (χ3v) is 6.64. The summed E-state index contributed by atoms with van der Waals surface area (Å²) < 4.78 is 54.2. The van der Waals surface area contributed by atoms with Crippen molar-refractivity contribution in [2.75, 3.05) is 6.54 Å². The van der Waals surface area contributed by atoms with E-state index in [0.29, 0.717) is 6.54 Å². The van der Waals surface area contributed by atoms with E-state index >= 15 is 0 Å². The Morgan fingerprint density at radius 2 is 1.92 bits per heavy atom. The molecule has 0 atom stereocenters. The number of hydrogen-bond acceptors (Lipinski definition) is 3. The summed E-state index contributed by atoms with van der Waals surface area (Å²) in [5.41, 5.74) is 0.816. The van der Waals surface area contributed by atoms with Crippen molar-refractivity contribution in [2.45, 2.75) is 36.9 Å². The molecule has 130 valence electrons. The molecule has 1 aromatic carbocycles. The number of rotatable bonds is 6. The first kappa shape index (κ1) is 17.5. The van der Waals surface area contributed by atoms with Gasteiger partial charge in [0.15, 0.2) is 0 Å². The number of benzene rings is 1. The quantitative estimate of drug-likeness (QED) is 0.835. The van der Waals surface area contributed by atoms with E-state index in [9.17, 15) is 17.2 Å². The Balaban J connectivity index is 1.73. The number of thiophene rings is 1. The number of hydrogen-bond donors (Lipinski definition) is 1. The monoisotopic (exact) mass is 371 g/mol. The van der Waals surface area contributed by atoms with E-state index < -0.39 is 27.4 Å². The van der Waals surface area contributed by atoms with Crippen molar-refractivity contribution in [2.24, 2.45) is 0 Å². The maximum atomic E-state index is 13.7. The molecular formula is C17H19F2NO2S2. The third kappa shape index (κ3) is 3.84. The number of sulfonamides is 1. The smallest absolute Gasteiger partial charge is 0.214 e. The summed E-state index contributed by atoms with van der Waals surface area (Å²) >= 11 is 1.60. The molecule has 7 heteroatoms. The Morgan fingerprint density at radius 3 is 2.58 bits per heavy atom. The van der Waals surface area contributed by atoms with E-state index in [0.717, 1.165) is 49.4 Å². The summed E-state index contributed by atoms with van der Waals surface area (Å²) in [6, 6.07) is 4.89. The van der Waals surface area contributed by atoms with Crippen LogP contribution in [0.1, 0.15) is 36.8 Å². The SMILES string of the molecule is O=S(=O)(Cc1cc(F)ccc1F)NCC1(c2ccsc2)CCCC1. The van der Waals surface area contributed by atoms with Crippen molar-refractivity contribution in [3.63, 3.8) is 0 Å². The van der Waals surface area contributed by atoms with Crippen molar-refractivity contribution < 1.29 is 17.2 Å². The molecule has 0 spiro atoms. The largest absolute Gasteiger partial charge is 0.215 e. The Labute approximate surface area is 144 Å². The Kier molecular flexibility index (Phi) is 5.03. The van der Waals surface area contributed by atoms with Crippen LogP contribution in [0, 0.1) is 11.6 Å². The van der Waals surface area contributed by atoms with Gasteiger partial charge in [-0.25, -0.2) is 21.9 Å². The molecule has 0 radical (unpaired) electrons. The molecule has 1 aliphatic carbocycles. The molecule has 24 heavy (non-hydrogen) atoms. The van der Waals surface area contributed by atoms with Crippen LogP contribution in [0.15, 0.2) is 35.0 Å². The normalized spacial score (nSPS) is 17.2. The zero-order valence-electron chi connectivity index (χ0n) is 13.1. The summed E-state index contributed by atoms with van der Waals surface area (Å²) in [5.74, 6) is -1.92. The molecule has 3 rings (SSSR count). The van der Waals surface area contributed by atoms with Gasteiger partial charge in [-0.15, -0.1) is 0 Å². The Hall–Kier alpha value is -1.31. The lowest BCUT2D eigenvalue weighted by atomic mass is 9.81. The molecule has 3 nitrogen and oxygen atoms in total.